The van der Waals surface area contributed by atoms with E-state index in [2.05, 4.69) is 9.97 Å². The van der Waals surface area contributed by atoms with Crippen molar-refractivity contribution in [2.75, 3.05) is 7.11 Å². The predicted molar refractivity (Wildman–Crippen MR) is 69.2 cm³/mol. The lowest BCUT2D eigenvalue weighted by Gasteiger charge is -2.07. The third-order valence-corrected chi connectivity index (χ3v) is 3.59. The van der Waals surface area contributed by atoms with E-state index >= 15 is 0 Å². The van der Waals surface area contributed by atoms with Gasteiger partial charge in [0, 0.05) is 0 Å². The number of ether oxygens (including phenoxy) is 1. The second-order valence-corrected chi connectivity index (χ2v) is 4.82. The Morgan fingerprint density at radius 3 is 2.76 bits per heavy atom. The molecule has 6 heteroatoms. The van der Waals surface area contributed by atoms with E-state index in [-0.39, 0.29) is 5.28 Å². The number of hydrogen-bond donors (Lipinski definition) is 0. The van der Waals surface area contributed by atoms with Gasteiger partial charge in [-0.15, -0.1) is 0 Å². The first-order chi connectivity index (χ1) is 8.20. The molecule has 1 aromatic heterocycles. The van der Waals surface area contributed by atoms with Crippen LogP contribution in [0.15, 0.2) is 40.4 Å². The van der Waals surface area contributed by atoms with Crippen molar-refractivity contribution in [1.82, 2.24) is 9.97 Å². The molecule has 0 aliphatic rings. The highest BCUT2D eigenvalue weighted by molar-refractivity contribution is 7.99. The van der Waals surface area contributed by atoms with Crippen molar-refractivity contribution in [3.8, 4) is 5.75 Å². The van der Waals surface area contributed by atoms with Gasteiger partial charge >= 0.3 is 0 Å². The SMILES string of the molecule is COc1ccccc1Sc1nc(Cl)ncc1Cl. The first-order valence-electron chi connectivity index (χ1n) is 4.69. The van der Waals surface area contributed by atoms with Crippen LogP contribution in [0.1, 0.15) is 0 Å². The number of rotatable bonds is 3. The highest BCUT2D eigenvalue weighted by Gasteiger charge is 2.09. The zero-order chi connectivity index (χ0) is 12.3. The summed E-state index contributed by atoms with van der Waals surface area (Å²) in [5.74, 6) is 0.767. The summed E-state index contributed by atoms with van der Waals surface area (Å²) in [5, 5.41) is 1.24. The largest absolute Gasteiger partial charge is 0.496 e. The maximum atomic E-state index is 6.00. The van der Waals surface area contributed by atoms with Crippen molar-refractivity contribution >= 4 is 35.0 Å². The molecule has 0 aliphatic carbocycles. The first kappa shape index (κ1) is 12.5. The number of nitrogens with zero attached hydrogens (tertiary/aromatic N) is 2. The summed E-state index contributed by atoms with van der Waals surface area (Å²) in [4.78, 5) is 8.80. The van der Waals surface area contributed by atoms with E-state index in [0.29, 0.717) is 10.0 Å². The second-order valence-electron chi connectivity index (χ2n) is 3.05. The number of methoxy groups -OCH3 is 1. The smallest absolute Gasteiger partial charge is 0.223 e. The monoisotopic (exact) mass is 286 g/mol. The van der Waals surface area contributed by atoms with Gasteiger partial charge in [-0.2, -0.15) is 0 Å². The molecule has 0 radical (unpaired) electrons. The molecule has 3 nitrogen and oxygen atoms in total. The van der Waals surface area contributed by atoms with Crippen molar-refractivity contribution in [3.63, 3.8) is 0 Å². The zero-order valence-corrected chi connectivity index (χ0v) is 11.2. The minimum atomic E-state index is 0.173. The Bertz CT molecular complexity index is 537. The number of hydrogen-bond acceptors (Lipinski definition) is 4. The number of para-hydroxylation sites is 1. The van der Waals surface area contributed by atoms with E-state index in [1.54, 1.807) is 7.11 Å². The van der Waals surface area contributed by atoms with E-state index in [1.165, 1.54) is 18.0 Å². The Labute approximate surface area is 113 Å². The fourth-order valence-corrected chi connectivity index (χ4v) is 2.49. The van der Waals surface area contributed by atoms with Crippen molar-refractivity contribution in [1.29, 1.82) is 0 Å². The molecule has 0 bridgehead atoms. The Morgan fingerprint density at radius 2 is 2.00 bits per heavy atom. The second kappa shape index (κ2) is 5.58. The molecular formula is C11H8Cl2N2OS. The number of aromatic nitrogens is 2. The van der Waals surface area contributed by atoms with Crippen LogP contribution in [0, 0.1) is 0 Å². The lowest BCUT2D eigenvalue weighted by molar-refractivity contribution is 0.405. The Balaban J connectivity index is 2.34. The minimum absolute atomic E-state index is 0.173. The average molecular weight is 287 g/mol. The quantitative estimate of drug-likeness (QED) is 0.632. The average Bonchev–Trinajstić information content (AvgIpc) is 2.34. The van der Waals surface area contributed by atoms with Gasteiger partial charge in [0.25, 0.3) is 0 Å². The summed E-state index contributed by atoms with van der Waals surface area (Å²) in [5.41, 5.74) is 0. The van der Waals surface area contributed by atoms with E-state index in [9.17, 15) is 0 Å². The topological polar surface area (TPSA) is 35.0 Å². The van der Waals surface area contributed by atoms with Crippen LogP contribution in [0.4, 0.5) is 0 Å². The summed E-state index contributed by atoms with van der Waals surface area (Å²) in [7, 11) is 1.62. The van der Waals surface area contributed by atoms with Crippen molar-refractivity contribution in [3.05, 3.63) is 40.8 Å². The van der Waals surface area contributed by atoms with Gasteiger partial charge in [-0.3, -0.25) is 0 Å². The lowest BCUT2D eigenvalue weighted by atomic mass is 10.3. The van der Waals surface area contributed by atoms with E-state index in [1.807, 2.05) is 24.3 Å². The first-order valence-corrected chi connectivity index (χ1v) is 6.27. The van der Waals surface area contributed by atoms with Gasteiger partial charge in [0.1, 0.15) is 10.8 Å². The van der Waals surface area contributed by atoms with Crippen LogP contribution >= 0.6 is 35.0 Å². The number of benzene rings is 1. The minimum Gasteiger partial charge on any atom is -0.496 e. The van der Waals surface area contributed by atoms with Crippen LogP contribution in [-0.4, -0.2) is 17.1 Å². The Morgan fingerprint density at radius 1 is 1.24 bits per heavy atom. The van der Waals surface area contributed by atoms with Crippen LogP contribution < -0.4 is 4.74 Å². The third kappa shape index (κ3) is 3.03. The Kier molecular flexibility index (Phi) is 4.10. The molecule has 0 saturated carbocycles. The highest BCUT2D eigenvalue weighted by atomic mass is 35.5. The molecule has 0 aliphatic heterocycles. The van der Waals surface area contributed by atoms with Crippen LogP contribution in [0.2, 0.25) is 10.3 Å². The van der Waals surface area contributed by atoms with Crippen molar-refractivity contribution < 1.29 is 4.74 Å². The molecule has 0 amide bonds. The molecule has 2 aromatic rings. The van der Waals surface area contributed by atoms with Gasteiger partial charge in [-0.1, -0.05) is 35.5 Å². The highest BCUT2D eigenvalue weighted by Crippen LogP contribution is 2.36. The molecule has 0 saturated heterocycles. The predicted octanol–water partition coefficient (Wildman–Crippen LogP) is 3.94. The standard InChI is InChI=1S/C11H8Cl2N2OS/c1-16-8-4-2-3-5-9(8)17-10-7(12)6-14-11(13)15-10/h2-6H,1H3. The van der Waals surface area contributed by atoms with Crippen molar-refractivity contribution in [2.24, 2.45) is 0 Å². The molecule has 0 spiro atoms. The van der Waals surface area contributed by atoms with Gasteiger partial charge in [-0.25, -0.2) is 9.97 Å². The summed E-state index contributed by atoms with van der Waals surface area (Å²) >= 11 is 13.1. The van der Waals surface area contributed by atoms with Gasteiger partial charge in [0.2, 0.25) is 5.28 Å². The Hall–Kier alpha value is -0.970. The van der Waals surface area contributed by atoms with Gasteiger partial charge in [-0.05, 0) is 23.7 Å². The summed E-state index contributed by atoms with van der Waals surface area (Å²) in [6.07, 6.45) is 1.48. The van der Waals surface area contributed by atoms with E-state index in [0.717, 1.165) is 10.6 Å². The summed E-state index contributed by atoms with van der Waals surface area (Å²) in [6.45, 7) is 0. The summed E-state index contributed by atoms with van der Waals surface area (Å²) < 4.78 is 5.25. The third-order valence-electron chi connectivity index (χ3n) is 1.96. The maximum absolute atomic E-state index is 6.00. The molecule has 0 N–H and O–H groups in total. The van der Waals surface area contributed by atoms with Crippen molar-refractivity contribution in [2.45, 2.75) is 9.92 Å². The maximum Gasteiger partial charge on any atom is 0.223 e. The van der Waals surface area contributed by atoms with Crippen LogP contribution in [0.3, 0.4) is 0 Å². The molecule has 0 atom stereocenters. The van der Waals surface area contributed by atoms with Gasteiger partial charge in [0.15, 0.2) is 0 Å². The molecule has 1 heterocycles. The fraction of sp³-hybridized carbons (Fsp3) is 0.0909. The molecule has 0 fully saturated rings. The van der Waals surface area contributed by atoms with Crippen LogP contribution in [0.25, 0.3) is 0 Å². The fourth-order valence-electron chi connectivity index (χ4n) is 1.21. The molecule has 17 heavy (non-hydrogen) atoms. The lowest BCUT2D eigenvalue weighted by Crippen LogP contribution is -1.89. The van der Waals surface area contributed by atoms with E-state index in [4.69, 9.17) is 27.9 Å². The number of halogens is 2. The molecule has 1 aromatic carbocycles. The molecule has 2 rings (SSSR count). The normalized spacial score (nSPS) is 10.3. The van der Waals surface area contributed by atoms with Crippen LogP contribution in [0.5, 0.6) is 5.75 Å². The van der Waals surface area contributed by atoms with Gasteiger partial charge < -0.3 is 4.74 Å². The molecule has 0 unspecified atom stereocenters. The van der Waals surface area contributed by atoms with Gasteiger partial charge in [0.05, 0.1) is 23.2 Å². The molecule has 88 valence electrons. The zero-order valence-electron chi connectivity index (χ0n) is 8.85. The summed E-state index contributed by atoms with van der Waals surface area (Å²) in [6, 6.07) is 7.62. The molecular weight excluding hydrogens is 279 g/mol. The van der Waals surface area contributed by atoms with Crippen LogP contribution in [-0.2, 0) is 0 Å². The van der Waals surface area contributed by atoms with E-state index < -0.39 is 0 Å².